The SMILES string of the molecule is CCc1nn(-c2ccc(Cl)cc2)c(CC)c1C(=O)Nc1ccc(F)cc1. The van der Waals surface area contributed by atoms with E-state index in [9.17, 15) is 9.18 Å². The van der Waals surface area contributed by atoms with Gasteiger partial charge in [0.05, 0.1) is 22.6 Å². The zero-order chi connectivity index (χ0) is 18.7. The first kappa shape index (κ1) is 18.1. The maximum atomic E-state index is 13.1. The van der Waals surface area contributed by atoms with Gasteiger partial charge in [0.2, 0.25) is 0 Å². The Balaban J connectivity index is 2.01. The molecule has 134 valence electrons. The van der Waals surface area contributed by atoms with Gasteiger partial charge in [0.25, 0.3) is 5.91 Å². The largest absolute Gasteiger partial charge is 0.322 e. The molecule has 0 bridgehead atoms. The van der Waals surface area contributed by atoms with Crippen molar-refractivity contribution in [3.05, 3.63) is 76.3 Å². The minimum absolute atomic E-state index is 0.245. The second kappa shape index (κ2) is 7.70. The molecule has 1 aromatic heterocycles. The van der Waals surface area contributed by atoms with Gasteiger partial charge in [-0.25, -0.2) is 9.07 Å². The molecule has 0 atom stereocenters. The summed E-state index contributed by atoms with van der Waals surface area (Å²) in [6.45, 7) is 3.94. The molecule has 6 heteroatoms. The smallest absolute Gasteiger partial charge is 0.259 e. The number of hydrogen-bond donors (Lipinski definition) is 1. The number of carbonyl (C=O) groups is 1. The van der Waals surface area contributed by atoms with E-state index >= 15 is 0 Å². The predicted molar refractivity (Wildman–Crippen MR) is 102 cm³/mol. The topological polar surface area (TPSA) is 46.9 Å². The number of rotatable bonds is 5. The third-order valence-electron chi connectivity index (χ3n) is 4.12. The Labute approximate surface area is 156 Å². The Hall–Kier alpha value is -2.66. The minimum Gasteiger partial charge on any atom is -0.322 e. The van der Waals surface area contributed by atoms with Gasteiger partial charge in [-0.1, -0.05) is 25.4 Å². The third-order valence-corrected chi connectivity index (χ3v) is 4.38. The molecule has 4 nitrogen and oxygen atoms in total. The predicted octanol–water partition coefficient (Wildman–Crippen LogP) is 5.04. The van der Waals surface area contributed by atoms with Crippen LogP contribution in [-0.4, -0.2) is 15.7 Å². The summed E-state index contributed by atoms with van der Waals surface area (Å²) >= 11 is 5.97. The summed E-state index contributed by atoms with van der Waals surface area (Å²) in [4.78, 5) is 12.9. The van der Waals surface area contributed by atoms with Gasteiger partial charge in [-0.3, -0.25) is 4.79 Å². The lowest BCUT2D eigenvalue weighted by molar-refractivity contribution is 0.102. The average Bonchev–Trinajstić information content (AvgIpc) is 3.03. The summed E-state index contributed by atoms with van der Waals surface area (Å²) in [5, 5.41) is 8.10. The van der Waals surface area contributed by atoms with Gasteiger partial charge in [0, 0.05) is 10.7 Å². The molecule has 3 rings (SSSR count). The van der Waals surface area contributed by atoms with Crippen molar-refractivity contribution in [2.75, 3.05) is 5.32 Å². The first-order valence-electron chi connectivity index (χ1n) is 8.47. The van der Waals surface area contributed by atoms with Crippen LogP contribution in [0.1, 0.15) is 35.6 Å². The van der Waals surface area contributed by atoms with Gasteiger partial charge >= 0.3 is 0 Å². The lowest BCUT2D eigenvalue weighted by Gasteiger charge is -2.09. The van der Waals surface area contributed by atoms with Gasteiger partial charge in [0.1, 0.15) is 5.82 Å². The lowest BCUT2D eigenvalue weighted by Crippen LogP contribution is -2.15. The molecule has 3 aromatic rings. The molecule has 1 heterocycles. The molecule has 1 N–H and O–H groups in total. The van der Waals surface area contributed by atoms with E-state index in [0.717, 1.165) is 17.1 Å². The fraction of sp³-hybridized carbons (Fsp3) is 0.200. The molecular formula is C20H19ClFN3O. The van der Waals surface area contributed by atoms with Crippen molar-refractivity contribution < 1.29 is 9.18 Å². The van der Waals surface area contributed by atoms with E-state index in [0.29, 0.717) is 29.1 Å². The first-order chi connectivity index (χ1) is 12.5. The number of amides is 1. The number of nitrogens with zero attached hydrogens (tertiary/aromatic N) is 2. The highest BCUT2D eigenvalue weighted by atomic mass is 35.5. The Morgan fingerprint density at radius 1 is 1.08 bits per heavy atom. The molecule has 0 fully saturated rings. The quantitative estimate of drug-likeness (QED) is 0.682. The van der Waals surface area contributed by atoms with Crippen LogP contribution in [0.4, 0.5) is 10.1 Å². The summed E-state index contributed by atoms with van der Waals surface area (Å²) in [6.07, 6.45) is 1.27. The highest BCUT2D eigenvalue weighted by Gasteiger charge is 2.22. The van der Waals surface area contributed by atoms with Crippen molar-refractivity contribution in [2.45, 2.75) is 26.7 Å². The fourth-order valence-corrected chi connectivity index (χ4v) is 2.99. The number of hydrogen-bond acceptors (Lipinski definition) is 2. The lowest BCUT2D eigenvalue weighted by atomic mass is 10.1. The van der Waals surface area contributed by atoms with Crippen LogP contribution < -0.4 is 5.32 Å². The van der Waals surface area contributed by atoms with E-state index in [2.05, 4.69) is 10.4 Å². The summed E-state index contributed by atoms with van der Waals surface area (Å²) in [7, 11) is 0. The zero-order valence-corrected chi connectivity index (χ0v) is 15.3. The average molecular weight is 372 g/mol. The molecule has 0 saturated carbocycles. The van der Waals surface area contributed by atoms with Gasteiger partial charge in [0.15, 0.2) is 0 Å². The van der Waals surface area contributed by atoms with Crippen LogP contribution in [0.25, 0.3) is 5.69 Å². The standard InChI is InChI=1S/C20H19ClFN3O/c1-3-17-19(20(26)23-15-9-7-14(22)8-10-15)18(4-2)25(24-17)16-11-5-13(21)6-12-16/h5-12H,3-4H2,1-2H3,(H,23,26). The van der Waals surface area contributed by atoms with E-state index in [1.54, 1.807) is 16.8 Å². The summed E-state index contributed by atoms with van der Waals surface area (Å²) < 4.78 is 14.9. The number of aromatic nitrogens is 2. The van der Waals surface area contributed by atoms with Crippen LogP contribution in [0.15, 0.2) is 48.5 Å². The van der Waals surface area contributed by atoms with Crippen molar-refractivity contribution in [2.24, 2.45) is 0 Å². The first-order valence-corrected chi connectivity index (χ1v) is 8.84. The highest BCUT2D eigenvalue weighted by molar-refractivity contribution is 6.30. The molecule has 0 aliphatic rings. The number of anilines is 1. The Kier molecular flexibility index (Phi) is 5.38. The van der Waals surface area contributed by atoms with Crippen LogP contribution in [-0.2, 0) is 12.8 Å². The van der Waals surface area contributed by atoms with Crippen LogP contribution >= 0.6 is 11.6 Å². The van der Waals surface area contributed by atoms with Crippen LogP contribution in [0.2, 0.25) is 5.02 Å². The van der Waals surface area contributed by atoms with Crippen molar-refractivity contribution in [3.63, 3.8) is 0 Å². The number of carbonyl (C=O) groups excluding carboxylic acids is 1. The molecular weight excluding hydrogens is 353 g/mol. The number of benzene rings is 2. The normalized spacial score (nSPS) is 10.8. The fourth-order valence-electron chi connectivity index (χ4n) is 2.86. The molecule has 0 aliphatic carbocycles. The monoisotopic (exact) mass is 371 g/mol. The van der Waals surface area contributed by atoms with Crippen LogP contribution in [0.5, 0.6) is 0 Å². The molecule has 2 aromatic carbocycles. The second-order valence-electron chi connectivity index (χ2n) is 5.82. The second-order valence-corrected chi connectivity index (χ2v) is 6.26. The van der Waals surface area contributed by atoms with Gasteiger partial charge in [-0.15, -0.1) is 0 Å². The molecule has 26 heavy (non-hydrogen) atoms. The van der Waals surface area contributed by atoms with Crippen molar-refractivity contribution >= 4 is 23.2 Å². The Bertz CT molecular complexity index is 917. The highest BCUT2D eigenvalue weighted by Crippen LogP contribution is 2.23. The number of aryl methyl sites for hydroxylation is 1. The van der Waals surface area contributed by atoms with Gasteiger partial charge < -0.3 is 5.32 Å². The van der Waals surface area contributed by atoms with Crippen molar-refractivity contribution in [3.8, 4) is 5.69 Å². The molecule has 0 unspecified atom stereocenters. The minimum atomic E-state index is -0.345. The number of halogens is 2. The van der Waals surface area contributed by atoms with E-state index in [1.807, 2.05) is 26.0 Å². The van der Waals surface area contributed by atoms with Gasteiger partial charge in [-0.2, -0.15) is 5.10 Å². The summed E-state index contributed by atoms with van der Waals surface area (Å²) in [6, 6.07) is 13.0. The molecule has 0 saturated heterocycles. The zero-order valence-electron chi connectivity index (χ0n) is 14.6. The Morgan fingerprint density at radius 3 is 2.31 bits per heavy atom. The van der Waals surface area contributed by atoms with E-state index in [4.69, 9.17) is 11.6 Å². The third kappa shape index (κ3) is 3.63. The van der Waals surface area contributed by atoms with E-state index in [-0.39, 0.29) is 11.7 Å². The summed E-state index contributed by atoms with van der Waals surface area (Å²) in [5.41, 5.74) is 3.50. The van der Waals surface area contributed by atoms with E-state index in [1.165, 1.54) is 24.3 Å². The number of nitrogens with one attached hydrogen (secondary N) is 1. The summed E-state index contributed by atoms with van der Waals surface area (Å²) in [5.74, 6) is -0.590. The maximum absolute atomic E-state index is 13.1. The van der Waals surface area contributed by atoms with E-state index < -0.39 is 0 Å². The molecule has 1 amide bonds. The molecule has 0 aliphatic heterocycles. The van der Waals surface area contributed by atoms with Gasteiger partial charge in [-0.05, 0) is 61.4 Å². The molecule has 0 spiro atoms. The maximum Gasteiger partial charge on any atom is 0.259 e. The Morgan fingerprint density at radius 2 is 1.73 bits per heavy atom. The molecule has 0 radical (unpaired) electrons. The van der Waals surface area contributed by atoms with Crippen molar-refractivity contribution in [1.29, 1.82) is 0 Å². The van der Waals surface area contributed by atoms with Crippen LogP contribution in [0.3, 0.4) is 0 Å². The van der Waals surface area contributed by atoms with Crippen LogP contribution in [0, 0.1) is 5.82 Å². The van der Waals surface area contributed by atoms with Crippen molar-refractivity contribution in [1.82, 2.24) is 9.78 Å².